The largest absolute Gasteiger partial charge is 0.462 e. The van der Waals surface area contributed by atoms with Gasteiger partial charge in [0, 0.05) is 16.8 Å². The summed E-state index contributed by atoms with van der Waals surface area (Å²) in [4.78, 5) is 24.4. The molecule has 3 rings (SSSR count). The zero-order valence-corrected chi connectivity index (χ0v) is 16.5. The van der Waals surface area contributed by atoms with Gasteiger partial charge in [0.25, 0.3) is 0 Å². The molecule has 3 N–H and O–H groups in total. The minimum Gasteiger partial charge on any atom is -0.462 e. The van der Waals surface area contributed by atoms with Gasteiger partial charge < -0.3 is 10.1 Å². The maximum Gasteiger partial charge on any atom is 0.338 e. The van der Waals surface area contributed by atoms with Crippen LogP contribution in [-0.2, 0) is 9.53 Å². The molecule has 2 aromatic carbocycles. The van der Waals surface area contributed by atoms with Gasteiger partial charge in [-0.3, -0.25) is 4.79 Å². The number of unbranched alkanes of at least 4 members (excludes halogenated alkanes) is 1. The lowest BCUT2D eigenvalue weighted by Gasteiger charge is -2.11. The Balaban J connectivity index is 1.53. The van der Waals surface area contributed by atoms with Crippen LogP contribution >= 0.6 is 11.6 Å². The highest BCUT2D eigenvalue weighted by atomic mass is 35.5. The van der Waals surface area contributed by atoms with Crippen LogP contribution < -0.4 is 16.2 Å². The molecule has 2 atom stereocenters. The van der Waals surface area contributed by atoms with Crippen molar-refractivity contribution < 1.29 is 14.3 Å². The molecule has 2 aromatic rings. The second-order valence-corrected chi connectivity index (χ2v) is 7.18. The zero-order valence-electron chi connectivity index (χ0n) is 15.7. The lowest BCUT2D eigenvalue weighted by molar-refractivity contribution is -0.117. The summed E-state index contributed by atoms with van der Waals surface area (Å²) in [5.74, 6) is -0.493. The number of rotatable bonds is 7. The van der Waals surface area contributed by atoms with Crippen LogP contribution in [-0.4, -0.2) is 24.5 Å². The topological polar surface area (TPSA) is 79.5 Å². The first-order chi connectivity index (χ1) is 13.6. The number of carbonyl (C=O) groups is 2. The fourth-order valence-corrected chi connectivity index (χ4v) is 3.18. The van der Waals surface area contributed by atoms with Crippen molar-refractivity contribution in [2.45, 2.75) is 38.3 Å². The second-order valence-electron chi connectivity index (χ2n) is 6.74. The Bertz CT molecular complexity index is 826. The van der Waals surface area contributed by atoms with Crippen molar-refractivity contribution in [1.82, 2.24) is 10.9 Å². The Kier molecular flexibility index (Phi) is 7.03. The number of amides is 1. The Morgan fingerprint density at radius 2 is 1.96 bits per heavy atom. The Labute approximate surface area is 169 Å². The second kappa shape index (κ2) is 9.68. The van der Waals surface area contributed by atoms with E-state index >= 15 is 0 Å². The van der Waals surface area contributed by atoms with Crippen molar-refractivity contribution in [3.8, 4) is 0 Å². The average molecular weight is 402 g/mol. The van der Waals surface area contributed by atoms with E-state index in [9.17, 15) is 9.59 Å². The molecule has 1 aliphatic heterocycles. The van der Waals surface area contributed by atoms with Crippen molar-refractivity contribution in [3.63, 3.8) is 0 Å². The molecular formula is C21H24ClN3O3. The SMILES string of the molecule is CCCCOC(=O)c1ccc(NC(=O)C2CC(c3cccc(Cl)c3)NN2)cc1. The molecule has 0 aromatic heterocycles. The normalized spacial score (nSPS) is 18.6. The Hall–Kier alpha value is -2.41. The number of benzene rings is 2. The van der Waals surface area contributed by atoms with Crippen molar-refractivity contribution in [2.24, 2.45) is 0 Å². The predicted molar refractivity (Wildman–Crippen MR) is 109 cm³/mol. The zero-order chi connectivity index (χ0) is 19.9. The number of esters is 1. The number of hydrogen-bond donors (Lipinski definition) is 3. The number of halogens is 1. The summed E-state index contributed by atoms with van der Waals surface area (Å²) in [6, 6.07) is 13.9. The van der Waals surface area contributed by atoms with Crippen LogP contribution in [0.2, 0.25) is 5.02 Å². The average Bonchev–Trinajstić information content (AvgIpc) is 3.19. The van der Waals surface area contributed by atoms with E-state index in [1.54, 1.807) is 24.3 Å². The first-order valence-corrected chi connectivity index (χ1v) is 9.79. The van der Waals surface area contributed by atoms with Gasteiger partial charge in [-0.2, -0.15) is 0 Å². The number of carbonyl (C=O) groups excluding carboxylic acids is 2. The molecule has 0 bridgehead atoms. The first-order valence-electron chi connectivity index (χ1n) is 9.41. The van der Waals surface area contributed by atoms with Gasteiger partial charge in [-0.25, -0.2) is 15.6 Å². The van der Waals surface area contributed by atoms with Crippen LogP contribution in [0, 0.1) is 0 Å². The molecule has 0 saturated carbocycles. The summed E-state index contributed by atoms with van der Waals surface area (Å²) in [5, 5.41) is 3.53. The summed E-state index contributed by atoms with van der Waals surface area (Å²) >= 11 is 6.04. The van der Waals surface area contributed by atoms with Gasteiger partial charge in [-0.05, 0) is 54.8 Å². The highest BCUT2D eigenvalue weighted by Crippen LogP contribution is 2.25. The highest BCUT2D eigenvalue weighted by molar-refractivity contribution is 6.30. The molecule has 0 radical (unpaired) electrons. The summed E-state index contributed by atoms with van der Waals surface area (Å²) in [5.41, 5.74) is 8.28. The maximum absolute atomic E-state index is 12.5. The minimum atomic E-state index is -0.373. The van der Waals surface area contributed by atoms with Crippen LogP contribution in [0.15, 0.2) is 48.5 Å². The first kappa shape index (κ1) is 20.3. The molecular weight excluding hydrogens is 378 g/mol. The molecule has 28 heavy (non-hydrogen) atoms. The van der Waals surface area contributed by atoms with Gasteiger partial charge in [-0.1, -0.05) is 37.1 Å². The van der Waals surface area contributed by atoms with Gasteiger partial charge in [0.15, 0.2) is 0 Å². The third-order valence-corrected chi connectivity index (χ3v) is 4.83. The Morgan fingerprint density at radius 3 is 2.68 bits per heavy atom. The molecule has 1 heterocycles. The van der Waals surface area contributed by atoms with Crippen molar-refractivity contribution in [2.75, 3.05) is 11.9 Å². The van der Waals surface area contributed by atoms with Crippen LogP contribution in [0.4, 0.5) is 5.69 Å². The molecule has 7 heteroatoms. The molecule has 2 unspecified atom stereocenters. The van der Waals surface area contributed by atoms with Gasteiger partial charge >= 0.3 is 5.97 Å². The van der Waals surface area contributed by atoms with Gasteiger partial charge in [0.05, 0.1) is 12.2 Å². The van der Waals surface area contributed by atoms with E-state index in [2.05, 4.69) is 16.2 Å². The third kappa shape index (κ3) is 5.32. The molecule has 1 amide bonds. The summed E-state index contributed by atoms with van der Waals surface area (Å²) in [7, 11) is 0. The fraction of sp³-hybridized carbons (Fsp3) is 0.333. The molecule has 1 saturated heterocycles. The smallest absolute Gasteiger partial charge is 0.338 e. The summed E-state index contributed by atoms with van der Waals surface area (Å²) in [6.45, 7) is 2.46. The van der Waals surface area contributed by atoms with Crippen molar-refractivity contribution in [3.05, 3.63) is 64.7 Å². The molecule has 1 fully saturated rings. The lowest BCUT2D eigenvalue weighted by Crippen LogP contribution is -2.39. The van der Waals surface area contributed by atoms with E-state index in [-0.39, 0.29) is 24.0 Å². The van der Waals surface area contributed by atoms with Crippen molar-refractivity contribution in [1.29, 1.82) is 0 Å². The summed E-state index contributed by atoms with van der Waals surface area (Å²) < 4.78 is 5.18. The Morgan fingerprint density at radius 1 is 1.18 bits per heavy atom. The van der Waals surface area contributed by atoms with Gasteiger partial charge in [-0.15, -0.1) is 0 Å². The molecule has 1 aliphatic rings. The van der Waals surface area contributed by atoms with E-state index in [0.717, 1.165) is 18.4 Å². The quantitative estimate of drug-likeness (QED) is 0.485. The number of ether oxygens (including phenoxy) is 1. The van der Waals surface area contributed by atoms with Gasteiger partial charge in [0.2, 0.25) is 5.91 Å². The van der Waals surface area contributed by atoms with E-state index < -0.39 is 0 Å². The van der Waals surface area contributed by atoms with Gasteiger partial charge in [0.1, 0.15) is 6.04 Å². The highest BCUT2D eigenvalue weighted by Gasteiger charge is 2.30. The van der Waals surface area contributed by atoms with E-state index in [4.69, 9.17) is 16.3 Å². The minimum absolute atomic E-state index is 0.00900. The standard InChI is InChI=1S/C21H24ClN3O3/c1-2-3-11-28-21(27)14-7-9-17(10-8-14)23-20(26)19-13-18(24-25-19)15-5-4-6-16(22)12-15/h4-10,12,18-19,24-25H,2-3,11,13H2,1H3,(H,23,26). The number of anilines is 1. The van der Waals surface area contributed by atoms with Crippen LogP contribution in [0.1, 0.15) is 48.1 Å². The number of nitrogens with one attached hydrogen (secondary N) is 3. The van der Waals surface area contributed by atoms with Crippen molar-refractivity contribution >= 4 is 29.2 Å². The third-order valence-electron chi connectivity index (χ3n) is 4.59. The predicted octanol–water partition coefficient (Wildman–Crippen LogP) is 3.84. The van der Waals surface area contributed by atoms with Crippen LogP contribution in [0.25, 0.3) is 0 Å². The number of hydrogen-bond acceptors (Lipinski definition) is 5. The number of hydrazine groups is 1. The van der Waals surface area contributed by atoms with Crippen LogP contribution in [0.3, 0.4) is 0 Å². The van der Waals surface area contributed by atoms with E-state index in [1.807, 2.05) is 31.2 Å². The van der Waals surface area contributed by atoms with Crippen LogP contribution in [0.5, 0.6) is 0 Å². The van der Waals surface area contributed by atoms with E-state index in [1.165, 1.54) is 0 Å². The molecule has 148 valence electrons. The molecule has 6 nitrogen and oxygen atoms in total. The maximum atomic E-state index is 12.5. The molecule has 0 aliphatic carbocycles. The molecule has 0 spiro atoms. The fourth-order valence-electron chi connectivity index (χ4n) is 2.98. The lowest BCUT2D eigenvalue weighted by atomic mass is 10.0. The monoisotopic (exact) mass is 401 g/mol. The summed E-state index contributed by atoms with van der Waals surface area (Å²) in [6.07, 6.45) is 2.42. The van der Waals surface area contributed by atoms with E-state index in [0.29, 0.717) is 29.3 Å².